The van der Waals surface area contributed by atoms with Crippen molar-refractivity contribution in [1.82, 2.24) is 15.1 Å². The summed E-state index contributed by atoms with van der Waals surface area (Å²) < 4.78 is 6.00. The minimum Gasteiger partial charge on any atom is -0.497 e. The van der Waals surface area contributed by atoms with Crippen LogP contribution in [0.3, 0.4) is 0 Å². The maximum atomic E-state index is 12.4. The van der Waals surface area contributed by atoms with Gasteiger partial charge < -0.3 is 15.0 Å². The molecule has 1 N–H and O–H groups in total. The standard InChI is InChI=1S/C17H22N4O2S2/c1-12-6-3-4-9-21(12)15(22)11-24-17-20-19-16(25-17)18-13-7-5-8-14(10-13)23-2/h5,7-8,10,12H,3-4,6,9,11H2,1-2H3,(H,18,19)/t12-/m0/s1. The van der Waals surface area contributed by atoms with Crippen molar-refractivity contribution < 1.29 is 9.53 Å². The van der Waals surface area contributed by atoms with Gasteiger partial charge in [0.25, 0.3) is 0 Å². The number of aromatic nitrogens is 2. The summed E-state index contributed by atoms with van der Waals surface area (Å²) >= 11 is 2.90. The SMILES string of the molecule is COc1cccc(Nc2nnc(SCC(=O)N3CCCC[C@@H]3C)s2)c1. The number of thioether (sulfide) groups is 1. The molecule has 134 valence electrons. The summed E-state index contributed by atoms with van der Waals surface area (Å²) in [7, 11) is 1.64. The Hall–Kier alpha value is -1.80. The van der Waals surface area contributed by atoms with Crippen LogP contribution in [-0.2, 0) is 4.79 Å². The largest absolute Gasteiger partial charge is 0.497 e. The van der Waals surface area contributed by atoms with Gasteiger partial charge in [-0.25, -0.2) is 0 Å². The summed E-state index contributed by atoms with van der Waals surface area (Å²) in [6, 6.07) is 7.99. The van der Waals surface area contributed by atoms with Gasteiger partial charge in [0.1, 0.15) is 5.75 Å². The van der Waals surface area contributed by atoms with Crippen LogP contribution in [0.25, 0.3) is 0 Å². The first kappa shape index (κ1) is 18.0. The summed E-state index contributed by atoms with van der Waals surface area (Å²) in [6.07, 6.45) is 3.42. The van der Waals surface area contributed by atoms with Crippen LogP contribution in [0.5, 0.6) is 5.75 Å². The number of ether oxygens (including phenoxy) is 1. The summed E-state index contributed by atoms with van der Waals surface area (Å²) in [5, 5.41) is 12.2. The Bertz CT molecular complexity index is 722. The van der Waals surface area contributed by atoms with Gasteiger partial charge in [-0.15, -0.1) is 10.2 Å². The van der Waals surface area contributed by atoms with E-state index in [2.05, 4.69) is 22.4 Å². The number of anilines is 2. The number of piperidine rings is 1. The second-order valence-electron chi connectivity index (χ2n) is 5.95. The molecule has 2 heterocycles. The molecule has 1 aliphatic heterocycles. The number of amides is 1. The highest BCUT2D eigenvalue weighted by atomic mass is 32.2. The lowest BCUT2D eigenvalue weighted by Crippen LogP contribution is -2.42. The topological polar surface area (TPSA) is 67.3 Å². The van der Waals surface area contributed by atoms with Crippen molar-refractivity contribution >= 4 is 39.8 Å². The fourth-order valence-corrected chi connectivity index (χ4v) is 4.48. The number of rotatable bonds is 6. The molecular formula is C17H22N4O2S2. The molecule has 0 bridgehead atoms. The molecular weight excluding hydrogens is 356 g/mol. The van der Waals surface area contributed by atoms with E-state index in [0.29, 0.717) is 16.9 Å². The smallest absolute Gasteiger partial charge is 0.233 e. The quantitative estimate of drug-likeness (QED) is 0.772. The molecule has 1 atom stereocenters. The van der Waals surface area contributed by atoms with Gasteiger partial charge in [-0.2, -0.15) is 0 Å². The van der Waals surface area contributed by atoms with E-state index in [4.69, 9.17) is 4.74 Å². The molecule has 1 aromatic heterocycles. The van der Waals surface area contributed by atoms with Gasteiger partial charge in [0.2, 0.25) is 11.0 Å². The van der Waals surface area contributed by atoms with Crippen molar-refractivity contribution in [2.45, 2.75) is 36.6 Å². The Morgan fingerprint density at radius 3 is 3.12 bits per heavy atom. The average molecular weight is 379 g/mol. The van der Waals surface area contributed by atoms with Crippen LogP contribution in [0.4, 0.5) is 10.8 Å². The molecule has 0 aliphatic carbocycles. The highest BCUT2D eigenvalue weighted by Crippen LogP contribution is 2.29. The molecule has 2 aromatic rings. The summed E-state index contributed by atoms with van der Waals surface area (Å²) in [5.41, 5.74) is 0.894. The van der Waals surface area contributed by atoms with E-state index in [0.717, 1.165) is 35.2 Å². The second kappa shape index (κ2) is 8.53. The number of benzene rings is 1. The van der Waals surface area contributed by atoms with Crippen LogP contribution in [0.2, 0.25) is 0 Å². The minimum atomic E-state index is 0.190. The molecule has 0 radical (unpaired) electrons. The summed E-state index contributed by atoms with van der Waals surface area (Å²) in [4.78, 5) is 14.4. The predicted molar refractivity (Wildman–Crippen MR) is 102 cm³/mol. The number of nitrogens with zero attached hydrogens (tertiary/aromatic N) is 3. The number of likely N-dealkylation sites (tertiary alicyclic amines) is 1. The average Bonchev–Trinajstić information content (AvgIpc) is 3.07. The Morgan fingerprint density at radius 1 is 1.44 bits per heavy atom. The first-order chi connectivity index (χ1) is 12.2. The normalized spacial score (nSPS) is 17.4. The molecule has 1 saturated heterocycles. The molecule has 0 saturated carbocycles. The third-order valence-corrected chi connectivity index (χ3v) is 6.13. The third kappa shape index (κ3) is 4.85. The Kier molecular flexibility index (Phi) is 6.14. The fraction of sp³-hybridized carbons (Fsp3) is 0.471. The Morgan fingerprint density at radius 2 is 2.32 bits per heavy atom. The van der Waals surface area contributed by atoms with Crippen molar-refractivity contribution in [3.63, 3.8) is 0 Å². The molecule has 1 aliphatic rings. The molecule has 8 heteroatoms. The number of hydrogen-bond donors (Lipinski definition) is 1. The van der Waals surface area contributed by atoms with Crippen molar-refractivity contribution in [3.05, 3.63) is 24.3 Å². The molecule has 1 aromatic carbocycles. The van der Waals surface area contributed by atoms with E-state index in [1.807, 2.05) is 29.2 Å². The molecule has 25 heavy (non-hydrogen) atoms. The lowest BCUT2D eigenvalue weighted by molar-refractivity contribution is -0.131. The first-order valence-corrected chi connectivity index (χ1v) is 10.1. The van der Waals surface area contributed by atoms with Gasteiger partial charge in [0, 0.05) is 24.3 Å². The van der Waals surface area contributed by atoms with Crippen LogP contribution >= 0.6 is 23.1 Å². The van der Waals surface area contributed by atoms with Crippen molar-refractivity contribution in [3.8, 4) is 5.75 Å². The van der Waals surface area contributed by atoms with E-state index < -0.39 is 0 Å². The maximum Gasteiger partial charge on any atom is 0.233 e. The summed E-state index contributed by atoms with van der Waals surface area (Å²) in [5.74, 6) is 1.39. The zero-order valence-electron chi connectivity index (χ0n) is 14.4. The Labute approximate surface area is 156 Å². The lowest BCUT2D eigenvalue weighted by atomic mass is 10.0. The van der Waals surface area contributed by atoms with Gasteiger partial charge in [-0.05, 0) is 38.3 Å². The molecule has 6 nitrogen and oxygen atoms in total. The fourth-order valence-electron chi connectivity index (χ4n) is 2.82. The number of carbonyl (C=O) groups is 1. The minimum absolute atomic E-state index is 0.190. The molecule has 3 rings (SSSR count). The summed E-state index contributed by atoms with van der Waals surface area (Å²) in [6.45, 7) is 3.00. The van der Waals surface area contributed by atoms with E-state index >= 15 is 0 Å². The van der Waals surface area contributed by atoms with Gasteiger partial charge in [0.05, 0.1) is 12.9 Å². The van der Waals surface area contributed by atoms with E-state index in [9.17, 15) is 4.79 Å². The number of methoxy groups -OCH3 is 1. The first-order valence-electron chi connectivity index (χ1n) is 8.32. The highest BCUT2D eigenvalue weighted by molar-refractivity contribution is 8.01. The van der Waals surface area contributed by atoms with Crippen molar-refractivity contribution in [1.29, 1.82) is 0 Å². The van der Waals surface area contributed by atoms with Gasteiger partial charge in [-0.1, -0.05) is 29.2 Å². The number of hydrogen-bond acceptors (Lipinski definition) is 7. The molecule has 0 spiro atoms. The van der Waals surface area contributed by atoms with E-state index in [1.165, 1.54) is 29.5 Å². The van der Waals surface area contributed by atoms with Gasteiger partial charge in [-0.3, -0.25) is 4.79 Å². The van der Waals surface area contributed by atoms with Crippen molar-refractivity contribution in [2.24, 2.45) is 0 Å². The molecule has 0 unspecified atom stereocenters. The van der Waals surface area contributed by atoms with Crippen LogP contribution in [0.1, 0.15) is 26.2 Å². The monoisotopic (exact) mass is 378 g/mol. The zero-order chi connectivity index (χ0) is 17.6. The lowest BCUT2D eigenvalue weighted by Gasteiger charge is -2.33. The van der Waals surface area contributed by atoms with Crippen molar-refractivity contribution in [2.75, 3.05) is 24.7 Å². The molecule has 1 fully saturated rings. The van der Waals surface area contributed by atoms with Crippen LogP contribution < -0.4 is 10.1 Å². The van der Waals surface area contributed by atoms with E-state index in [-0.39, 0.29) is 5.91 Å². The van der Waals surface area contributed by atoms with Gasteiger partial charge >= 0.3 is 0 Å². The maximum absolute atomic E-state index is 12.4. The number of carbonyl (C=O) groups excluding carboxylic acids is 1. The number of nitrogens with one attached hydrogen (secondary N) is 1. The van der Waals surface area contributed by atoms with Crippen LogP contribution in [-0.4, -0.2) is 46.5 Å². The third-order valence-electron chi connectivity index (χ3n) is 4.17. The Balaban J connectivity index is 1.53. The molecule has 1 amide bonds. The highest BCUT2D eigenvalue weighted by Gasteiger charge is 2.23. The van der Waals surface area contributed by atoms with Crippen LogP contribution in [0, 0.1) is 0 Å². The van der Waals surface area contributed by atoms with Crippen LogP contribution in [0.15, 0.2) is 28.6 Å². The zero-order valence-corrected chi connectivity index (χ0v) is 16.0. The van der Waals surface area contributed by atoms with E-state index in [1.54, 1.807) is 7.11 Å². The van der Waals surface area contributed by atoms with Gasteiger partial charge in [0.15, 0.2) is 4.34 Å². The second-order valence-corrected chi connectivity index (χ2v) is 8.15. The predicted octanol–water partition coefficient (Wildman–Crippen LogP) is 3.78.